The van der Waals surface area contributed by atoms with Gasteiger partial charge < -0.3 is 4.90 Å². The van der Waals surface area contributed by atoms with Crippen LogP contribution in [0.25, 0.3) is 0 Å². The first kappa shape index (κ1) is 23.2. The molecule has 4 unspecified atom stereocenters. The molecule has 0 radical (unpaired) electrons. The zero-order chi connectivity index (χ0) is 25.0. The molecule has 11 heteroatoms. The summed E-state index contributed by atoms with van der Waals surface area (Å²) in [6, 6.07) is 6.12. The summed E-state index contributed by atoms with van der Waals surface area (Å²) in [5.41, 5.74) is 0.0905. The number of likely N-dealkylation sites (N-methyl/N-ethyl adjacent to an activating group) is 1. The van der Waals surface area contributed by atoms with Crippen LogP contribution in [0.5, 0.6) is 0 Å². The molecule has 0 bridgehead atoms. The number of fused-ring (bicyclic) bond motifs is 7. The predicted octanol–water partition coefficient (Wildman–Crippen LogP) is 5.48. The van der Waals surface area contributed by atoms with E-state index >= 15 is 0 Å². The predicted molar refractivity (Wildman–Crippen MR) is 127 cm³/mol. The minimum absolute atomic E-state index is 0.0160. The molecule has 35 heavy (non-hydrogen) atoms. The maximum Gasteiger partial charge on any atom is 0.270 e. The van der Waals surface area contributed by atoms with Crippen molar-refractivity contribution in [3.8, 4) is 0 Å². The van der Waals surface area contributed by atoms with Gasteiger partial charge in [-0.15, -0.1) is 0 Å². The number of hydrogen-bond acceptors (Lipinski definition) is 4. The van der Waals surface area contributed by atoms with Gasteiger partial charge in [0.25, 0.3) is 6.08 Å². The van der Waals surface area contributed by atoms with Gasteiger partial charge in [-0.1, -0.05) is 34.8 Å². The molecule has 4 aliphatic rings. The van der Waals surface area contributed by atoms with Crippen LogP contribution in [0.3, 0.4) is 0 Å². The van der Waals surface area contributed by atoms with Crippen LogP contribution >= 0.6 is 34.8 Å². The molecule has 4 atom stereocenters. The highest BCUT2D eigenvalue weighted by Gasteiger charge is 2.72. The number of anilines is 2. The van der Waals surface area contributed by atoms with E-state index < -0.39 is 47.1 Å². The summed E-state index contributed by atoms with van der Waals surface area (Å²) in [6.45, 7) is 0.168. The van der Waals surface area contributed by atoms with E-state index in [9.17, 15) is 22.8 Å². The smallest absolute Gasteiger partial charge is 0.270 e. The van der Waals surface area contributed by atoms with Gasteiger partial charge in [0.05, 0.1) is 33.8 Å². The van der Waals surface area contributed by atoms with Crippen molar-refractivity contribution in [3.63, 3.8) is 0 Å². The Bertz CT molecular complexity index is 1340. The first-order valence-electron chi connectivity index (χ1n) is 10.9. The molecule has 1 spiro atoms. The average Bonchev–Trinajstić information content (AvgIpc) is 3.43. The Morgan fingerprint density at radius 2 is 1.74 bits per heavy atom. The van der Waals surface area contributed by atoms with Crippen molar-refractivity contribution < 1.29 is 22.8 Å². The molecule has 3 saturated heterocycles. The van der Waals surface area contributed by atoms with Gasteiger partial charge in [0.2, 0.25) is 11.8 Å². The molecular weight excluding hydrogens is 526 g/mol. The van der Waals surface area contributed by atoms with Crippen molar-refractivity contribution in [1.29, 1.82) is 0 Å². The summed E-state index contributed by atoms with van der Waals surface area (Å²) >= 11 is 18.9. The quantitative estimate of drug-likeness (QED) is 0.448. The van der Waals surface area contributed by atoms with Crippen molar-refractivity contribution in [2.45, 2.75) is 18.0 Å². The molecule has 2 aromatic rings. The van der Waals surface area contributed by atoms with E-state index in [4.69, 9.17) is 34.8 Å². The van der Waals surface area contributed by atoms with Crippen molar-refractivity contribution in [2.75, 3.05) is 29.9 Å². The van der Waals surface area contributed by atoms with Gasteiger partial charge in [-0.05, 0) is 36.8 Å². The fraction of sp³-hybridized carbons (Fsp3) is 0.333. The topological polar surface area (TPSA) is 43.9 Å². The second-order valence-corrected chi connectivity index (χ2v) is 10.8. The molecule has 0 aromatic heterocycles. The van der Waals surface area contributed by atoms with Crippen LogP contribution in [0.1, 0.15) is 12.0 Å². The van der Waals surface area contributed by atoms with Crippen LogP contribution in [0.2, 0.25) is 15.1 Å². The molecular formula is C24H17Cl3F3N3O2. The van der Waals surface area contributed by atoms with Crippen LogP contribution < -0.4 is 9.80 Å². The number of nitrogens with zero attached hydrogens (tertiary/aromatic N) is 3. The summed E-state index contributed by atoms with van der Waals surface area (Å²) in [7, 11) is 1.80. The molecule has 5 nitrogen and oxygen atoms in total. The summed E-state index contributed by atoms with van der Waals surface area (Å²) in [4.78, 5) is 32.4. The highest BCUT2D eigenvalue weighted by atomic mass is 35.5. The third-order valence-electron chi connectivity index (χ3n) is 7.74. The molecule has 3 fully saturated rings. The molecule has 0 N–H and O–H groups in total. The molecule has 2 aromatic carbocycles. The Morgan fingerprint density at radius 3 is 2.43 bits per heavy atom. The lowest BCUT2D eigenvalue weighted by Crippen LogP contribution is -2.52. The summed E-state index contributed by atoms with van der Waals surface area (Å²) in [5.74, 6) is -3.59. The van der Waals surface area contributed by atoms with E-state index in [1.54, 1.807) is 19.2 Å². The lowest BCUT2D eigenvalue weighted by atomic mass is 9.75. The molecule has 4 aliphatic heterocycles. The van der Waals surface area contributed by atoms with Crippen LogP contribution in [0.4, 0.5) is 24.5 Å². The van der Waals surface area contributed by atoms with Crippen molar-refractivity contribution in [1.82, 2.24) is 4.90 Å². The van der Waals surface area contributed by atoms with Crippen LogP contribution in [-0.4, -0.2) is 42.9 Å². The zero-order valence-corrected chi connectivity index (χ0v) is 20.4. The molecule has 182 valence electrons. The second kappa shape index (κ2) is 7.62. The Kier molecular flexibility index (Phi) is 5.04. The Labute approximate surface area is 213 Å². The number of imide groups is 1. The maximum absolute atomic E-state index is 14.1. The standard InChI is InChI=1S/C24H17Cl3F3N3O2/c1-31-9-24(15-5-12(26)6-16(27)20(15)31)19-18(17-2-10(21(29)30)8-32(17)24)22(34)33(23(19)35)14-4-11(25)3-13(28)7-14/h3-7,17-19H,2,8-9H2,1H3. The lowest BCUT2D eigenvalue weighted by molar-refractivity contribution is -0.124. The largest absolute Gasteiger partial charge is 0.371 e. The van der Waals surface area contributed by atoms with E-state index in [-0.39, 0.29) is 35.8 Å². The molecule has 0 saturated carbocycles. The van der Waals surface area contributed by atoms with E-state index in [1.165, 1.54) is 6.07 Å². The minimum Gasteiger partial charge on any atom is -0.371 e. The highest BCUT2D eigenvalue weighted by Crippen LogP contribution is 2.63. The zero-order valence-electron chi connectivity index (χ0n) is 18.2. The van der Waals surface area contributed by atoms with Gasteiger partial charge in [-0.2, -0.15) is 8.78 Å². The monoisotopic (exact) mass is 541 g/mol. The number of hydrogen-bond donors (Lipinski definition) is 0. The van der Waals surface area contributed by atoms with E-state index in [0.717, 1.165) is 17.0 Å². The Balaban J connectivity index is 1.58. The number of benzene rings is 2. The van der Waals surface area contributed by atoms with Crippen LogP contribution in [-0.2, 0) is 15.1 Å². The average molecular weight is 543 g/mol. The second-order valence-electron chi connectivity index (χ2n) is 9.47. The minimum atomic E-state index is -1.78. The summed E-state index contributed by atoms with van der Waals surface area (Å²) in [5, 5.41) is 0.730. The first-order valence-corrected chi connectivity index (χ1v) is 12.0. The third-order valence-corrected chi connectivity index (χ3v) is 8.46. The molecule has 4 heterocycles. The van der Waals surface area contributed by atoms with Gasteiger partial charge >= 0.3 is 0 Å². The van der Waals surface area contributed by atoms with Crippen molar-refractivity contribution >= 4 is 58.0 Å². The van der Waals surface area contributed by atoms with E-state index in [2.05, 4.69) is 0 Å². The number of carbonyl (C=O) groups is 2. The van der Waals surface area contributed by atoms with Gasteiger partial charge in [-0.25, -0.2) is 9.29 Å². The molecule has 6 rings (SSSR count). The van der Waals surface area contributed by atoms with E-state index in [1.807, 2.05) is 9.80 Å². The van der Waals surface area contributed by atoms with Gasteiger partial charge in [0.1, 0.15) is 5.82 Å². The normalized spacial score (nSPS) is 29.5. The van der Waals surface area contributed by atoms with Gasteiger partial charge in [0, 0.05) is 47.4 Å². The number of carbonyl (C=O) groups excluding carboxylic acids is 2. The summed E-state index contributed by atoms with van der Waals surface area (Å²) < 4.78 is 41.7. The van der Waals surface area contributed by atoms with Crippen molar-refractivity contribution in [2.24, 2.45) is 11.8 Å². The van der Waals surface area contributed by atoms with Crippen molar-refractivity contribution in [3.05, 3.63) is 68.4 Å². The lowest BCUT2D eigenvalue weighted by Gasteiger charge is -2.39. The Hall–Kier alpha value is -2.26. The van der Waals surface area contributed by atoms with Crippen LogP contribution in [0, 0.1) is 17.7 Å². The third kappa shape index (κ3) is 3.00. The summed E-state index contributed by atoms with van der Waals surface area (Å²) in [6.07, 6.45) is -1.83. The number of rotatable bonds is 1. The SMILES string of the molecule is CN1CC2(c3cc(Cl)cc(Cl)c31)C1C(=O)N(c3cc(F)cc(Cl)c3)C(=O)C1C1CC(=C(F)F)CN12. The van der Waals surface area contributed by atoms with Gasteiger partial charge in [-0.3, -0.25) is 14.5 Å². The fourth-order valence-corrected chi connectivity index (χ4v) is 7.50. The van der Waals surface area contributed by atoms with Crippen LogP contribution in [0.15, 0.2) is 42.0 Å². The van der Waals surface area contributed by atoms with Gasteiger partial charge in [0.15, 0.2) is 0 Å². The Morgan fingerprint density at radius 1 is 1.03 bits per heavy atom. The maximum atomic E-state index is 14.1. The number of amides is 2. The highest BCUT2D eigenvalue weighted by molar-refractivity contribution is 6.37. The first-order chi connectivity index (χ1) is 16.5. The molecule has 0 aliphatic carbocycles. The fourth-order valence-electron chi connectivity index (χ4n) is 6.65. The number of halogens is 6. The molecule has 2 amide bonds. The van der Waals surface area contributed by atoms with E-state index in [0.29, 0.717) is 21.3 Å².